The van der Waals surface area contributed by atoms with Gasteiger partial charge in [0.25, 0.3) is 0 Å². The van der Waals surface area contributed by atoms with Crippen LogP contribution in [-0.2, 0) is 9.84 Å². The molecule has 0 atom stereocenters. The van der Waals surface area contributed by atoms with Crippen molar-refractivity contribution in [3.05, 3.63) is 42.5 Å². The summed E-state index contributed by atoms with van der Waals surface area (Å²) in [5.74, 6) is 1.65. The third-order valence-corrected chi connectivity index (χ3v) is 7.39. The van der Waals surface area contributed by atoms with Crippen molar-refractivity contribution in [1.29, 1.82) is 0 Å². The van der Waals surface area contributed by atoms with E-state index in [1.165, 1.54) is 18.6 Å². The molecule has 4 rings (SSSR count). The fourth-order valence-corrected chi connectivity index (χ4v) is 5.20. The fourth-order valence-electron chi connectivity index (χ4n) is 4.57. The van der Waals surface area contributed by atoms with E-state index in [-0.39, 0.29) is 0 Å². The zero-order chi connectivity index (χ0) is 20.4. The Hall–Kier alpha value is -2.22. The smallest absolute Gasteiger partial charge is 0.225 e. The highest BCUT2D eigenvalue weighted by atomic mass is 32.2. The van der Waals surface area contributed by atoms with Gasteiger partial charge in [-0.05, 0) is 61.8 Å². The Balaban J connectivity index is 1.28. The van der Waals surface area contributed by atoms with E-state index in [2.05, 4.69) is 19.8 Å². The molecule has 1 aromatic carbocycles. The Morgan fingerprint density at radius 2 is 1.34 bits per heavy atom. The summed E-state index contributed by atoms with van der Waals surface area (Å²) < 4.78 is 36.3. The predicted octanol–water partition coefficient (Wildman–Crippen LogP) is 3.15. The summed E-state index contributed by atoms with van der Waals surface area (Å²) in [6.45, 7) is 3.85. The second kappa shape index (κ2) is 8.26. The molecule has 0 N–H and O–H groups in total. The second-order valence-electron chi connectivity index (χ2n) is 8.12. The highest BCUT2D eigenvalue weighted by molar-refractivity contribution is 7.90. The van der Waals surface area contributed by atoms with Crippen LogP contribution in [0.15, 0.2) is 41.6 Å². The lowest BCUT2D eigenvalue weighted by atomic mass is 9.79. The first kappa shape index (κ1) is 20.1. The molecule has 8 heteroatoms. The number of halogens is 1. The van der Waals surface area contributed by atoms with Gasteiger partial charge < -0.3 is 9.80 Å². The molecule has 3 heterocycles. The van der Waals surface area contributed by atoms with Crippen LogP contribution in [0.5, 0.6) is 0 Å². The van der Waals surface area contributed by atoms with Crippen molar-refractivity contribution in [2.75, 3.05) is 42.2 Å². The van der Waals surface area contributed by atoms with E-state index < -0.39 is 15.7 Å². The number of benzene rings is 1. The SMILES string of the molecule is CS(=O)(=O)c1ccc(N2CCC(C3CCN(c4ncc(F)cn4)CC3)CC2)cc1. The van der Waals surface area contributed by atoms with Gasteiger partial charge in [-0.15, -0.1) is 0 Å². The third-order valence-electron chi connectivity index (χ3n) is 6.27. The molecular weight excluding hydrogens is 391 g/mol. The first-order valence-corrected chi connectivity index (χ1v) is 12.1. The molecule has 2 aliphatic rings. The van der Waals surface area contributed by atoms with Gasteiger partial charge in [0.15, 0.2) is 15.7 Å². The lowest BCUT2D eigenvalue weighted by Gasteiger charge is -2.40. The zero-order valence-electron chi connectivity index (χ0n) is 16.7. The molecule has 2 saturated heterocycles. The molecular formula is C21H27FN4O2S. The maximum atomic E-state index is 13.0. The Kier molecular flexibility index (Phi) is 5.72. The number of hydrogen-bond acceptors (Lipinski definition) is 6. The van der Waals surface area contributed by atoms with E-state index in [4.69, 9.17) is 0 Å². The minimum absolute atomic E-state index is 0.369. The first-order chi connectivity index (χ1) is 13.9. The predicted molar refractivity (Wildman–Crippen MR) is 111 cm³/mol. The lowest BCUT2D eigenvalue weighted by molar-refractivity contribution is 0.232. The molecule has 0 unspecified atom stereocenters. The van der Waals surface area contributed by atoms with Gasteiger partial charge in [-0.2, -0.15) is 0 Å². The Morgan fingerprint density at radius 1 is 0.862 bits per heavy atom. The topological polar surface area (TPSA) is 66.4 Å². The maximum Gasteiger partial charge on any atom is 0.225 e. The lowest BCUT2D eigenvalue weighted by Crippen LogP contribution is -2.41. The van der Waals surface area contributed by atoms with Crippen molar-refractivity contribution in [1.82, 2.24) is 9.97 Å². The molecule has 2 aliphatic heterocycles. The minimum atomic E-state index is -3.15. The van der Waals surface area contributed by atoms with Gasteiger partial charge in [0.05, 0.1) is 17.3 Å². The molecule has 2 fully saturated rings. The number of nitrogens with zero attached hydrogens (tertiary/aromatic N) is 4. The van der Waals surface area contributed by atoms with Gasteiger partial charge in [0.1, 0.15) is 0 Å². The third kappa shape index (κ3) is 4.69. The van der Waals surface area contributed by atoms with Crippen LogP contribution in [0.2, 0.25) is 0 Å². The van der Waals surface area contributed by atoms with Gasteiger partial charge in [-0.3, -0.25) is 0 Å². The monoisotopic (exact) mass is 418 g/mol. The molecule has 2 aromatic rings. The summed E-state index contributed by atoms with van der Waals surface area (Å²) in [4.78, 5) is 13.1. The molecule has 0 radical (unpaired) electrons. The van der Waals surface area contributed by atoms with Gasteiger partial charge in [-0.1, -0.05) is 0 Å². The Labute approximate surface area is 171 Å². The highest BCUT2D eigenvalue weighted by Gasteiger charge is 2.30. The molecule has 0 amide bonds. The summed E-state index contributed by atoms with van der Waals surface area (Å²) in [5, 5.41) is 0. The van der Waals surface area contributed by atoms with Crippen LogP contribution in [-0.4, -0.2) is 50.8 Å². The standard InChI is InChI=1S/C21H27FN4O2S/c1-29(27,28)20-4-2-19(3-5-20)25-10-6-16(7-11-25)17-8-12-26(13-9-17)21-23-14-18(22)15-24-21/h2-5,14-17H,6-13H2,1H3. The van der Waals surface area contributed by atoms with Gasteiger partial charge in [0.2, 0.25) is 5.95 Å². The Bertz CT molecular complexity index is 918. The molecule has 29 heavy (non-hydrogen) atoms. The van der Waals surface area contributed by atoms with Crippen LogP contribution in [0.25, 0.3) is 0 Å². The summed E-state index contributed by atoms with van der Waals surface area (Å²) in [6.07, 6.45) is 8.25. The number of anilines is 2. The molecule has 0 aliphatic carbocycles. The van der Waals surface area contributed by atoms with Crippen molar-refractivity contribution in [2.24, 2.45) is 11.8 Å². The van der Waals surface area contributed by atoms with Crippen molar-refractivity contribution in [3.8, 4) is 0 Å². The van der Waals surface area contributed by atoms with Crippen molar-refractivity contribution in [3.63, 3.8) is 0 Å². The number of piperidine rings is 2. The van der Waals surface area contributed by atoms with Crippen LogP contribution in [0.1, 0.15) is 25.7 Å². The minimum Gasteiger partial charge on any atom is -0.372 e. The highest BCUT2D eigenvalue weighted by Crippen LogP contribution is 2.34. The normalized spacial score (nSPS) is 19.5. The van der Waals surface area contributed by atoms with Crippen LogP contribution in [0, 0.1) is 17.7 Å². The van der Waals surface area contributed by atoms with E-state index in [0.717, 1.165) is 63.5 Å². The van der Waals surface area contributed by atoms with Crippen molar-refractivity contribution >= 4 is 21.5 Å². The average Bonchev–Trinajstić information content (AvgIpc) is 2.74. The van der Waals surface area contributed by atoms with Crippen LogP contribution in [0.4, 0.5) is 16.0 Å². The Morgan fingerprint density at radius 3 is 1.83 bits per heavy atom. The van der Waals surface area contributed by atoms with Crippen LogP contribution < -0.4 is 9.80 Å². The van der Waals surface area contributed by atoms with Gasteiger partial charge in [0, 0.05) is 38.1 Å². The number of rotatable bonds is 4. The van der Waals surface area contributed by atoms with E-state index in [1.807, 2.05) is 12.1 Å². The fraction of sp³-hybridized carbons (Fsp3) is 0.524. The largest absolute Gasteiger partial charge is 0.372 e. The summed E-state index contributed by atoms with van der Waals surface area (Å²) in [7, 11) is -3.15. The average molecular weight is 419 g/mol. The van der Waals surface area contributed by atoms with Gasteiger partial charge >= 0.3 is 0 Å². The number of hydrogen-bond donors (Lipinski definition) is 0. The van der Waals surface area contributed by atoms with Gasteiger partial charge in [-0.25, -0.2) is 22.8 Å². The van der Waals surface area contributed by atoms with E-state index in [0.29, 0.717) is 16.8 Å². The summed E-state index contributed by atoms with van der Waals surface area (Å²) in [6, 6.07) is 7.23. The van der Waals surface area contributed by atoms with Crippen LogP contribution in [0.3, 0.4) is 0 Å². The zero-order valence-corrected chi connectivity index (χ0v) is 17.5. The first-order valence-electron chi connectivity index (χ1n) is 10.2. The second-order valence-corrected chi connectivity index (χ2v) is 10.1. The summed E-state index contributed by atoms with van der Waals surface area (Å²) >= 11 is 0. The number of aromatic nitrogens is 2. The summed E-state index contributed by atoms with van der Waals surface area (Å²) in [5.41, 5.74) is 1.10. The molecule has 6 nitrogen and oxygen atoms in total. The van der Waals surface area contributed by atoms with E-state index in [9.17, 15) is 12.8 Å². The quantitative estimate of drug-likeness (QED) is 0.760. The van der Waals surface area contributed by atoms with E-state index >= 15 is 0 Å². The van der Waals surface area contributed by atoms with Crippen LogP contribution >= 0.6 is 0 Å². The molecule has 0 bridgehead atoms. The number of sulfone groups is 1. The maximum absolute atomic E-state index is 13.0. The van der Waals surface area contributed by atoms with E-state index in [1.54, 1.807) is 12.1 Å². The molecule has 156 valence electrons. The molecule has 0 saturated carbocycles. The molecule has 0 spiro atoms. The molecule has 1 aromatic heterocycles. The van der Waals surface area contributed by atoms with Crippen molar-refractivity contribution < 1.29 is 12.8 Å². The van der Waals surface area contributed by atoms with Crippen molar-refractivity contribution in [2.45, 2.75) is 30.6 Å².